The molecule has 4 aliphatic rings. The Kier molecular flexibility index (Phi) is 3.54. The molecule has 2 saturated carbocycles. The van der Waals surface area contributed by atoms with Crippen LogP contribution in [0.5, 0.6) is 0 Å². The molecule has 4 fully saturated rings. The minimum absolute atomic E-state index is 0.0694. The van der Waals surface area contributed by atoms with Gasteiger partial charge in [-0.2, -0.15) is 0 Å². The molecule has 3 atom stereocenters. The van der Waals surface area contributed by atoms with Crippen LogP contribution in [0.15, 0.2) is 12.3 Å². The van der Waals surface area contributed by atoms with Crippen molar-refractivity contribution in [2.24, 2.45) is 17.8 Å². The summed E-state index contributed by atoms with van der Waals surface area (Å²) in [6.07, 6.45) is 6.50. The summed E-state index contributed by atoms with van der Waals surface area (Å²) >= 11 is 0. The molecule has 2 bridgehead atoms. The lowest BCUT2D eigenvalue weighted by molar-refractivity contribution is -0.145. The summed E-state index contributed by atoms with van der Waals surface area (Å²) in [6, 6.07) is 1.68. The molecule has 1 aromatic rings. The number of nitrogens with zero attached hydrogens (tertiary/aromatic N) is 3. The molecule has 1 aromatic heterocycles. The zero-order valence-electron chi connectivity index (χ0n) is 13.0. The summed E-state index contributed by atoms with van der Waals surface area (Å²) in [4.78, 5) is 34.8. The molecule has 3 heterocycles. The lowest BCUT2D eigenvalue weighted by Gasteiger charge is -2.28. The van der Waals surface area contributed by atoms with E-state index < -0.39 is 5.97 Å². The van der Waals surface area contributed by atoms with E-state index in [9.17, 15) is 14.7 Å². The van der Waals surface area contributed by atoms with E-state index in [-0.39, 0.29) is 17.7 Å². The first-order valence-corrected chi connectivity index (χ1v) is 8.47. The second-order valence-corrected chi connectivity index (χ2v) is 7.17. The van der Waals surface area contributed by atoms with Gasteiger partial charge < -0.3 is 10.0 Å². The molecule has 2 aliphatic heterocycles. The first kappa shape index (κ1) is 14.6. The van der Waals surface area contributed by atoms with Crippen LogP contribution in [0.4, 0.5) is 0 Å². The monoisotopic (exact) mass is 315 g/mol. The van der Waals surface area contributed by atoms with Crippen LogP contribution in [-0.4, -0.2) is 44.9 Å². The third-order valence-electron chi connectivity index (χ3n) is 5.48. The number of hydrogen-bond acceptors (Lipinski definition) is 4. The van der Waals surface area contributed by atoms with E-state index in [0.29, 0.717) is 37.0 Å². The molecule has 0 aromatic carbocycles. The molecule has 6 nitrogen and oxygen atoms in total. The van der Waals surface area contributed by atoms with Crippen molar-refractivity contribution in [3.63, 3.8) is 0 Å². The largest absolute Gasteiger partial charge is 0.481 e. The van der Waals surface area contributed by atoms with Crippen molar-refractivity contribution in [2.45, 2.75) is 38.0 Å². The van der Waals surface area contributed by atoms with Gasteiger partial charge in [-0.15, -0.1) is 0 Å². The minimum atomic E-state index is -0.716. The van der Waals surface area contributed by atoms with Crippen molar-refractivity contribution >= 4 is 11.9 Å². The highest BCUT2D eigenvalue weighted by atomic mass is 16.4. The number of carbonyl (C=O) groups excluding carboxylic acids is 1. The molecule has 3 unspecified atom stereocenters. The fraction of sp³-hybridized carbons (Fsp3) is 0.647. The van der Waals surface area contributed by atoms with E-state index in [4.69, 9.17) is 0 Å². The highest BCUT2D eigenvalue weighted by molar-refractivity contribution is 5.92. The second-order valence-electron chi connectivity index (χ2n) is 7.17. The quantitative estimate of drug-likeness (QED) is 0.921. The van der Waals surface area contributed by atoms with E-state index in [0.717, 1.165) is 31.5 Å². The van der Waals surface area contributed by atoms with Crippen LogP contribution >= 0.6 is 0 Å². The summed E-state index contributed by atoms with van der Waals surface area (Å²) in [5, 5.41) is 9.41. The fourth-order valence-corrected chi connectivity index (χ4v) is 4.04. The number of hydrogen-bond donors (Lipinski definition) is 1. The number of amides is 1. The van der Waals surface area contributed by atoms with Crippen molar-refractivity contribution in [1.29, 1.82) is 0 Å². The normalized spacial score (nSPS) is 30.1. The van der Waals surface area contributed by atoms with Crippen molar-refractivity contribution < 1.29 is 14.7 Å². The van der Waals surface area contributed by atoms with E-state index >= 15 is 0 Å². The molecule has 122 valence electrons. The van der Waals surface area contributed by atoms with E-state index in [1.807, 2.05) is 4.90 Å². The predicted molar refractivity (Wildman–Crippen MR) is 81.9 cm³/mol. The maximum atomic E-state index is 12.8. The van der Waals surface area contributed by atoms with Crippen LogP contribution in [0, 0.1) is 17.8 Å². The van der Waals surface area contributed by atoms with Crippen LogP contribution in [0.1, 0.15) is 54.3 Å². The smallest absolute Gasteiger partial charge is 0.306 e. The van der Waals surface area contributed by atoms with Gasteiger partial charge in [0.25, 0.3) is 5.91 Å². The van der Waals surface area contributed by atoms with Gasteiger partial charge in [0.1, 0.15) is 11.5 Å². The van der Waals surface area contributed by atoms with Gasteiger partial charge >= 0.3 is 5.97 Å². The molecule has 0 spiro atoms. The summed E-state index contributed by atoms with van der Waals surface area (Å²) in [7, 11) is 0. The van der Waals surface area contributed by atoms with Crippen molar-refractivity contribution in [3.8, 4) is 0 Å². The van der Waals surface area contributed by atoms with Crippen molar-refractivity contribution in [3.05, 3.63) is 23.8 Å². The molecule has 1 N–H and O–H groups in total. The zero-order valence-corrected chi connectivity index (χ0v) is 13.0. The Labute approximate surface area is 134 Å². The Bertz CT molecular complexity index is 644. The van der Waals surface area contributed by atoms with E-state index in [2.05, 4.69) is 9.97 Å². The molecular weight excluding hydrogens is 294 g/mol. The van der Waals surface area contributed by atoms with Gasteiger partial charge in [0.15, 0.2) is 0 Å². The number of carboxylic acid groups (broad SMARTS) is 1. The van der Waals surface area contributed by atoms with Gasteiger partial charge in [-0.1, -0.05) is 0 Å². The average Bonchev–Trinajstić information content (AvgIpc) is 3.40. The summed E-state index contributed by atoms with van der Waals surface area (Å²) < 4.78 is 0. The van der Waals surface area contributed by atoms with Crippen LogP contribution < -0.4 is 0 Å². The Morgan fingerprint density at radius 1 is 1.17 bits per heavy atom. The average molecular weight is 315 g/mol. The first-order chi connectivity index (χ1) is 11.1. The predicted octanol–water partition coefficient (Wildman–Crippen LogP) is 1.93. The topological polar surface area (TPSA) is 83.4 Å². The first-order valence-electron chi connectivity index (χ1n) is 8.47. The molecular formula is C17H21N3O3. The molecule has 2 saturated heterocycles. The van der Waals surface area contributed by atoms with Crippen LogP contribution in [0.3, 0.4) is 0 Å². The number of rotatable bonds is 3. The molecule has 0 radical (unpaired) electrons. The van der Waals surface area contributed by atoms with E-state index in [1.165, 1.54) is 0 Å². The summed E-state index contributed by atoms with van der Waals surface area (Å²) in [6.45, 7) is 1.19. The maximum Gasteiger partial charge on any atom is 0.306 e. The van der Waals surface area contributed by atoms with Gasteiger partial charge in [-0.25, -0.2) is 9.97 Å². The number of aromatic nitrogens is 2. The number of carbonyl (C=O) groups is 2. The van der Waals surface area contributed by atoms with Crippen LogP contribution in [-0.2, 0) is 4.79 Å². The molecule has 2 aliphatic carbocycles. The summed E-state index contributed by atoms with van der Waals surface area (Å²) in [5.41, 5.74) is 0.454. The highest BCUT2D eigenvalue weighted by Crippen LogP contribution is 2.39. The van der Waals surface area contributed by atoms with Gasteiger partial charge in [-0.05, 0) is 50.0 Å². The highest BCUT2D eigenvalue weighted by Gasteiger charge is 2.41. The Morgan fingerprint density at radius 2 is 2.00 bits per heavy atom. The zero-order chi connectivity index (χ0) is 16.0. The lowest BCUT2D eigenvalue weighted by Crippen LogP contribution is -2.36. The third-order valence-corrected chi connectivity index (χ3v) is 5.48. The lowest BCUT2D eigenvalue weighted by atomic mass is 9.76. The van der Waals surface area contributed by atoms with Crippen LogP contribution in [0.2, 0.25) is 0 Å². The standard InChI is InChI=1S/C17H21N3O3/c21-16(14-5-6-18-15(19-14)11-3-4-11)20-8-10-1-2-12(9-20)13(7-10)17(22)23/h5-6,10-13H,1-4,7-9H2,(H,22,23). The van der Waals surface area contributed by atoms with Crippen molar-refractivity contribution in [1.82, 2.24) is 14.9 Å². The Balaban J connectivity index is 1.54. The summed E-state index contributed by atoms with van der Waals surface area (Å²) in [5.74, 6) is 0.461. The molecule has 6 heteroatoms. The number of aliphatic carboxylic acids is 1. The second kappa shape index (κ2) is 5.58. The number of carboxylic acids is 1. The van der Waals surface area contributed by atoms with Gasteiger partial charge in [-0.3, -0.25) is 9.59 Å². The van der Waals surface area contributed by atoms with Crippen LogP contribution in [0.25, 0.3) is 0 Å². The third kappa shape index (κ3) is 2.82. The molecule has 23 heavy (non-hydrogen) atoms. The fourth-order valence-electron chi connectivity index (χ4n) is 4.04. The van der Waals surface area contributed by atoms with Crippen molar-refractivity contribution in [2.75, 3.05) is 13.1 Å². The van der Waals surface area contributed by atoms with E-state index in [1.54, 1.807) is 12.3 Å². The Morgan fingerprint density at radius 3 is 2.74 bits per heavy atom. The van der Waals surface area contributed by atoms with Gasteiger partial charge in [0.2, 0.25) is 0 Å². The maximum absolute atomic E-state index is 12.8. The molecule has 5 rings (SSSR count). The SMILES string of the molecule is O=C(O)C1CC2CCC1CN(C(=O)c1ccnc(C3CC3)n1)C2. The van der Waals surface area contributed by atoms with Gasteiger partial charge in [0.05, 0.1) is 5.92 Å². The number of fused-ring (bicyclic) bond motifs is 4. The minimum Gasteiger partial charge on any atom is -0.481 e. The molecule has 1 amide bonds. The van der Waals surface area contributed by atoms with Gasteiger partial charge in [0, 0.05) is 25.2 Å². The Hall–Kier alpha value is -1.98.